The topological polar surface area (TPSA) is 148 Å². The first-order chi connectivity index (χ1) is 17.8. The lowest BCUT2D eigenvalue weighted by Gasteiger charge is -2.21. The largest absolute Gasteiger partial charge is 0.480 e. The molecule has 190 valence electrons. The summed E-state index contributed by atoms with van der Waals surface area (Å²) in [4.78, 5) is 48.8. The van der Waals surface area contributed by atoms with Crippen molar-refractivity contribution >= 4 is 23.9 Å². The summed E-state index contributed by atoms with van der Waals surface area (Å²) >= 11 is 0. The van der Waals surface area contributed by atoms with Crippen LogP contribution in [0.3, 0.4) is 0 Å². The number of primary amides is 1. The lowest BCUT2D eigenvalue weighted by molar-refractivity contribution is -0.142. The first kappa shape index (κ1) is 25.4. The molecule has 3 amide bonds. The summed E-state index contributed by atoms with van der Waals surface area (Å²) in [6, 6.07) is 21.8. The molecule has 2 atom stereocenters. The van der Waals surface area contributed by atoms with Crippen molar-refractivity contribution in [2.75, 3.05) is 6.61 Å². The second-order valence-electron chi connectivity index (χ2n) is 8.78. The molecule has 0 saturated heterocycles. The molecule has 4 rings (SSSR count). The van der Waals surface area contributed by atoms with Gasteiger partial charge in [0.05, 0.1) is 6.42 Å². The Morgan fingerprint density at radius 3 is 1.95 bits per heavy atom. The fraction of sp³-hybridized carbons (Fsp3) is 0.214. The Morgan fingerprint density at radius 1 is 0.811 bits per heavy atom. The number of rotatable bonds is 10. The van der Waals surface area contributed by atoms with Gasteiger partial charge in [0.25, 0.3) is 0 Å². The number of hydrogen-bond acceptors (Lipinski definition) is 5. The maximum atomic E-state index is 12.9. The Bertz CT molecular complexity index is 1260. The van der Waals surface area contributed by atoms with Gasteiger partial charge in [0.15, 0.2) is 0 Å². The van der Waals surface area contributed by atoms with E-state index in [4.69, 9.17) is 10.5 Å². The molecule has 0 spiro atoms. The summed E-state index contributed by atoms with van der Waals surface area (Å²) in [6.07, 6.45) is -1.41. The lowest BCUT2D eigenvalue weighted by atomic mass is 9.98. The van der Waals surface area contributed by atoms with Crippen molar-refractivity contribution in [3.8, 4) is 11.1 Å². The first-order valence-electron chi connectivity index (χ1n) is 11.8. The molecule has 0 saturated carbocycles. The summed E-state index contributed by atoms with van der Waals surface area (Å²) in [5.74, 6) is -3.13. The SMILES string of the molecule is NC(=O)C[C@H](NC(=O)OCC1c2ccccc2-c2ccccc21)C(=O)N[C@@H](Cc1ccccc1)C(=O)O. The zero-order valence-corrected chi connectivity index (χ0v) is 19.9. The zero-order chi connectivity index (χ0) is 26.4. The summed E-state index contributed by atoms with van der Waals surface area (Å²) in [5, 5.41) is 14.3. The van der Waals surface area contributed by atoms with Gasteiger partial charge in [0.2, 0.25) is 11.8 Å². The predicted molar refractivity (Wildman–Crippen MR) is 136 cm³/mol. The molecule has 9 nitrogen and oxygen atoms in total. The molecule has 9 heteroatoms. The van der Waals surface area contributed by atoms with Gasteiger partial charge in [-0.15, -0.1) is 0 Å². The van der Waals surface area contributed by atoms with Crippen molar-refractivity contribution in [1.82, 2.24) is 10.6 Å². The van der Waals surface area contributed by atoms with Gasteiger partial charge in [-0.1, -0.05) is 78.9 Å². The second kappa shape index (κ2) is 11.4. The number of benzene rings is 3. The van der Waals surface area contributed by atoms with Gasteiger partial charge in [-0.25, -0.2) is 9.59 Å². The van der Waals surface area contributed by atoms with E-state index in [1.165, 1.54) is 0 Å². The number of ether oxygens (including phenoxy) is 1. The van der Waals surface area contributed by atoms with Gasteiger partial charge < -0.3 is 26.2 Å². The van der Waals surface area contributed by atoms with Crippen molar-refractivity contribution < 1.29 is 29.0 Å². The summed E-state index contributed by atoms with van der Waals surface area (Å²) < 4.78 is 5.45. The zero-order valence-electron chi connectivity index (χ0n) is 19.9. The van der Waals surface area contributed by atoms with Crippen LogP contribution in [0.4, 0.5) is 4.79 Å². The van der Waals surface area contributed by atoms with E-state index in [9.17, 15) is 24.3 Å². The third-order valence-electron chi connectivity index (χ3n) is 6.25. The Balaban J connectivity index is 1.41. The van der Waals surface area contributed by atoms with Crippen LogP contribution in [0.5, 0.6) is 0 Å². The Hall–Kier alpha value is -4.66. The molecule has 0 bridgehead atoms. The monoisotopic (exact) mass is 501 g/mol. The molecule has 1 aliphatic carbocycles. The van der Waals surface area contributed by atoms with Gasteiger partial charge in [-0.2, -0.15) is 0 Å². The van der Waals surface area contributed by atoms with Crippen LogP contribution >= 0.6 is 0 Å². The van der Waals surface area contributed by atoms with Crippen molar-refractivity contribution in [1.29, 1.82) is 0 Å². The Kier molecular flexibility index (Phi) is 7.83. The van der Waals surface area contributed by atoms with Crippen LogP contribution in [0, 0.1) is 0 Å². The number of alkyl carbamates (subject to hydrolysis) is 1. The fourth-order valence-corrected chi connectivity index (χ4v) is 4.51. The molecular weight excluding hydrogens is 474 g/mol. The molecule has 0 aromatic heterocycles. The minimum absolute atomic E-state index is 0.0104. The maximum absolute atomic E-state index is 12.9. The third-order valence-corrected chi connectivity index (χ3v) is 6.25. The van der Waals surface area contributed by atoms with Crippen molar-refractivity contribution in [2.45, 2.75) is 30.8 Å². The van der Waals surface area contributed by atoms with E-state index in [1.807, 2.05) is 48.5 Å². The number of carboxylic acid groups (broad SMARTS) is 1. The van der Waals surface area contributed by atoms with E-state index in [-0.39, 0.29) is 18.9 Å². The van der Waals surface area contributed by atoms with E-state index in [0.29, 0.717) is 5.56 Å². The average molecular weight is 502 g/mol. The minimum atomic E-state index is -1.40. The number of fused-ring (bicyclic) bond motifs is 3. The van der Waals surface area contributed by atoms with Crippen molar-refractivity contribution in [3.05, 3.63) is 95.6 Å². The summed E-state index contributed by atoms with van der Waals surface area (Å²) in [7, 11) is 0. The number of nitrogens with one attached hydrogen (secondary N) is 2. The van der Waals surface area contributed by atoms with Crippen molar-refractivity contribution in [2.24, 2.45) is 5.73 Å². The minimum Gasteiger partial charge on any atom is -0.480 e. The number of hydrogen-bond donors (Lipinski definition) is 4. The average Bonchev–Trinajstić information content (AvgIpc) is 3.20. The van der Waals surface area contributed by atoms with Gasteiger partial charge in [-0.05, 0) is 27.8 Å². The third kappa shape index (κ3) is 6.13. The Morgan fingerprint density at radius 2 is 1.38 bits per heavy atom. The summed E-state index contributed by atoms with van der Waals surface area (Å²) in [6.45, 7) is 0.0104. The number of carbonyl (C=O) groups excluding carboxylic acids is 3. The lowest BCUT2D eigenvalue weighted by Crippen LogP contribution is -2.53. The van der Waals surface area contributed by atoms with Crippen molar-refractivity contribution in [3.63, 3.8) is 0 Å². The second-order valence-corrected chi connectivity index (χ2v) is 8.78. The van der Waals surface area contributed by atoms with Gasteiger partial charge in [0.1, 0.15) is 18.7 Å². The predicted octanol–water partition coefficient (Wildman–Crippen LogP) is 2.58. The normalized spacial score (nSPS) is 13.5. The van der Waals surface area contributed by atoms with E-state index in [0.717, 1.165) is 22.3 Å². The molecule has 0 aliphatic heterocycles. The fourth-order valence-electron chi connectivity index (χ4n) is 4.51. The van der Waals surface area contributed by atoms with Crippen LogP contribution in [0.25, 0.3) is 11.1 Å². The molecular formula is C28H27N3O6. The molecule has 5 N–H and O–H groups in total. The standard InChI is InChI=1S/C28H27N3O6/c29-25(32)15-23(26(33)30-24(27(34)35)14-17-8-2-1-3-9-17)31-28(36)37-16-22-20-12-6-4-10-18(20)19-11-5-7-13-21(19)22/h1-13,22-24H,14-16H2,(H2,29,32)(H,30,33)(H,31,36)(H,34,35)/t23-,24-/m0/s1. The number of nitrogens with two attached hydrogens (primary N) is 1. The molecule has 0 heterocycles. The van der Waals surface area contributed by atoms with Gasteiger partial charge >= 0.3 is 12.1 Å². The van der Waals surface area contributed by atoms with E-state index < -0.39 is 42.4 Å². The molecule has 0 fully saturated rings. The quantitative estimate of drug-likeness (QED) is 0.336. The molecule has 0 unspecified atom stereocenters. The number of amides is 3. The van der Waals surface area contributed by atoms with Crippen LogP contribution < -0.4 is 16.4 Å². The molecule has 3 aromatic rings. The Labute approximate surface area is 213 Å². The van der Waals surface area contributed by atoms with Crippen LogP contribution in [0.15, 0.2) is 78.9 Å². The van der Waals surface area contributed by atoms with Gasteiger partial charge in [0, 0.05) is 12.3 Å². The first-order valence-corrected chi connectivity index (χ1v) is 11.8. The molecule has 1 aliphatic rings. The van der Waals surface area contributed by atoms with E-state index >= 15 is 0 Å². The highest BCUT2D eigenvalue weighted by Gasteiger charge is 2.31. The van der Waals surface area contributed by atoms with Crippen LogP contribution in [0.2, 0.25) is 0 Å². The van der Waals surface area contributed by atoms with Crippen LogP contribution in [-0.2, 0) is 25.5 Å². The number of aliphatic carboxylic acids is 1. The van der Waals surface area contributed by atoms with E-state index in [1.54, 1.807) is 30.3 Å². The summed E-state index contributed by atoms with van der Waals surface area (Å²) in [5.41, 5.74) is 10.1. The molecule has 37 heavy (non-hydrogen) atoms. The van der Waals surface area contributed by atoms with E-state index in [2.05, 4.69) is 10.6 Å². The van der Waals surface area contributed by atoms with Gasteiger partial charge in [-0.3, -0.25) is 9.59 Å². The maximum Gasteiger partial charge on any atom is 0.407 e. The van der Waals surface area contributed by atoms with Crippen LogP contribution in [0.1, 0.15) is 29.0 Å². The molecule has 3 aromatic carbocycles. The number of carbonyl (C=O) groups is 4. The highest BCUT2D eigenvalue weighted by atomic mass is 16.5. The number of carboxylic acids is 1. The smallest absolute Gasteiger partial charge is 0.407 e. The highest BCUT2D eigenvalue weighted by molar-refractivity contribution is 5.92. The highest BCUT2D eigenvalue weighted by Crippen LogP contribution is 2.44. The van der Waals surface area contributed by atoms with Crippen LogP contribution in [-0.4, -0.2) is 47.7 Å². The molecule has 0 radical (unpaired) electrons.